The lowest BCUT2D eigenvalue weighted by molar-refractivity contribution is 0.627. The maximum absolute atomic E-state index is 13.0. The number of nitrogens with one attached hydrogen (secondary N) is 2. The Morgan fingerprint density at radius 1 is 0.960 bits per heavy atom. The van der Waals surface area contributed by atoms with E-state index in [1.54, 1.807) is 12.1 Å². The SMILES string of the molecule is CCc1ccccc1Nc1cc(NCc2ccc(F)cc2)nc(C)n1. The summed E-state index contributed by atoms with van der Waals surface area (Å²) in [6, 6.07) is 16.5. The summed E-state index contributed by atoms with van der Waals surface area (Å²) in [5.41, 5.74) is 3.27. The van der Waals surface area contributed by atoms with Crippen LogP contribution >= 0.6 is 0 Å². The van der Waals surface area contributed by atoms with E-state index in [-0.39, 0.29) is 5.82 Å². The molecule has 0 aliphatic carbocycles. The highest BCUT2D eigenvalue weighted by Crippen LogP contribution is 2.21. The van der Waals surface area contributed by atoms with Gasteiger partial charge in [0.15, 0.2) is 0 Å². The summed E-state index contributed by atoms with van der Waals surface area (Å²) in [6.45, 7) is 4.56. The highest BCUT2D eigenvalue weighted by atomic mass is 19.1. The molecule has 2 N–H and O–H groups in total. The number of aryl methyl sites for hydroxylation is 2. The normalized spacial score (nSPS) is 10.5. The van der Waals surface area contributed by atoms with Gasteiger partial charge < -0.3 is 10.6 Å². The standard InChI is InChI=1S/C20H21FN4/c1-3-16-6-4-5-7-18(16)25-20-12-19(23-14(2)24-20)22-13-15-8-10-17(21)11-9-15/h4-12H,3,13H2,1-2H3,(H2,22,23,24,25). The summed E-state index contributed by atoms with van der Waals surface area (Å²) in [4.78, 5) is 8.87. The molecule has 25 heavy (non-hydrogen) atoms. The van der Waals surface area contributed by atoms with Gasteiger partial charge in [-0.3, -0.25) is 0 Å². The molecular weight excluding hydrogens is 315 g/mol. The lowest BCUT2D eigenvalue weighted by Gasteiger charge is -2.12. The maximum atomic E-state index is 13.0. The fraction of sp³-hybridized carbons (Fsp3) is 0.200. The molecule has 2 aromatic carbocycles. The summed E-state index contributed by atoms with van der Waals surface area (Å²) in [6.07, 6.45) is 0.947. The molecule has 0 unspecified atom stereocenters. The Balaban J connectivity index is 1.75. The third-order valence-corrected chi connectivity index (χ3v) is 3.89. The molecule has 0 amide bonds. The van der Waals surface area contributed by atoms with Crippen LogP contribution in [0.15, 0.2) is 54.6 Å². The van der Waals surface area contributed by atoms with Crippen LogP contribution in [-0.4, -0.2) is 9.97 Å². The van der Waals surface area contributed by atoms with Crippen molar-refractivity contribution in [3.63, 3.8) is 0 Å². The molecule has 1 heterocycles. The van der Waals surface area contributed by atoms with Gasteiger partial charge in [0.2, 0.25) is 0 Å². The summed E-state index contributed by atoms with van der Waals surface area (Å²) >= 11 is 0. The van der Waals surface area contributed by atoms with Crippen molar-refractivity contribution < 1.29 is 4.39 Å². The minimum atomic E-state index is -0.234. The number of aromatic nitrogens is 2. The summed E-state index contributed by atoms with van der Waals surface area (Å²) < 4.78 is 13.0. The Morgan fingerprint density at radius 2 is 1.68 bits per heavy atom. The predicted octanol–water partition coefficient (Wildman–Crippen LogP) is 4.84. The van der Waals surface area contributed by atoms with Crippen molar-refractivity contribution >= 4 is 17.3 Å². The maximum Gasteiger partial charge on any atom is 0.136 e. The first-order chi connectivity index (χ1) is 12.1. The van der Waals surface area contributed by atoms with Crippen molar-refractivity contribution in [3.8, 4) is 0 Å². The van der Waals surface area contributed by atoms with E-state index in [4.69, 9.17) is 0 Å². The molecule has 0 fully saturated rings. The second kappa shape index (κ2) is 7.75. The minimum Gasteiger partial charge on any atom is -0.366 e. The van der Waals surface area contributed by atoms with E-state index in [9.17, 15) is 4.39 Å². The Labute approximate surface area is 147 Å². The molecular formula is C20H21FN4. The molecule has 1 aromatic heterocycles. The number of nitrogens with zero attached hydrogens (tertiary/aromatic N) is 2. The Hall–Kier alpha value is -2.95. The third-order valence-electron chi connectivity index (χ3n) is 3.89. The summed E-state index contributed by atoms with van der Waals surface area (Å²) in [5.74, 6) is 1.92. The zero-order valence-corrected chi connectivity index (χ0v) is 14.4. The van der Waals surface area contributed by atoms with E-state index in [0.29, 0.717) is 12.4 Å². The lowest BCUT2D eigenvalue weighted by atomic mass is 10.1. The Bertz CT molecular complexity index is 847. The van der Waals surface area contributed by atoms with Crippen LogP contribution in [-0.2, 0) is 13.0 Å². The zero-order chi connectivity index (χ0) is 17.6. The van der Waals surface area contributed by atoms with Gasteiger partial charge in [0.05, 0.1) is 0 Å². The molecule has 0 bridgehead atoms. The number of hydrogen-bond acceptors (Lipinski definition) is 4. The van der Waals surface area contributed by atoms with Crippen molar-refractivity contribution in [2.24, 2.45) is 0 Å². The van der Waals surface area contributed by atoms with Crippen LogP contribution in [0.2, 0.25) is 0 Å². The quantitative estimate of drug-likeness (QED) is 0.676. The van der Waals surface area contributed by atoms with Gasteiger partial charge in [-0.05, 0) is 42.7 Å². The minimum absolute atomic E-state index is 0.234. The van der Waals surface area contributed by atoms with Crippen molar-refractivity contribution in [1.29, 1.82) is 0 Å². The summed E-state index contributed by atoms with van der Waals surface area (Å²) in [5, 5.41) is 6.63. The average molecular weight is 336 g/mol. The number of halogens is 1. The first kappa shape index (κ1) is 16.9. The lowest BCUT2D eigenvalue weighted by Crippen LogP contribution is -2.05. The largest absolute Gasteiger partial charge is 0.366 e. The molecule has 0 aliphatic heterocycles. The van der Waals surface area contributed by atoms with Crippen molar-refractivity contribution in [1.82, 2.24) is 9.97 Å². The van der Waals surface area contributed by atoms with Gasteiger partial charge in [-0.25, -0.2) is 14.4 Å². The fourth-order valence-electron chi connectivity index (χ4n) is 2.61. The smallest absolute Gasteiger partial charge is 0.136 e. The Morgan fingerprint density at radius 3 is 2.44 bits per heavy atom. The fourth-order valence-corrected chi connectivity index (χ4v) is 2.61. The van der Waals surface area contributed by atoms with Gasteiger partial charge in [-0.2, -0.15) is 0 Å². The van der Waals surface area contributed by atoms with Gasteiger partial charge >= 0.3 is 0 Å². The second-order valence-electron chi connectivity index (χ2n) is 5.80. The number of para-hydroxylation sites is 1. The van der Waals surface area contributed by atoms with Crippen LogP contribution in [0.4, 0.5) is 21.7 Å². The second-order valence-corrected chi connectivity index (χ2v) is 5.80. The molecule has 0 spiro atoms. The van der Waals surface area contributed by atoms with Gasteiger partial charge in [-0.1, -0.05) is 37.3 Å². The molecule has 0 aliphatic rings. The van der Waals surface area contributed by atoms with Crippen LogP contribution < -0.4 is 10.6 Å². The van der Waals surface area contributed by atoms with Crippen LogP contribution in [0.3, 0.4) is 0 Å². The first-order valence-corrected chi connectivity index (χ1v) is 8.33. The molecule has 0 saturated carbocycles. The molecule has 4 nitrogen and oxygen atoms in total. The molecule has 3 rings (SSSR count). The van der Waals surface area contributed by atoms with Gasteiger partial charge in [0.1, 0.15) is 23.3 Å². The van der Waals surface area contributed by atoms with E-state index in [0.717, 1.165) is 29.3 Å². The van der Waals surface area contributed by atoms with Crippen LogP contribution in [0.5, 0.6) is 0 Å². The van der Waals surface area contributed by atoms with Crippen molar-refractivity contribution in [3.05, 3.63) is 77.4 Å². The number of hydrogen-bond donors (Lipinski definition) is 2. The monoisotopic (exact) mass is 336 g/mol. The summed E-state index contributed by atoms with van der Waals surface area (Å²) in [7, 11) is 0. The molecule has 5 heteroatoms. The van der Waals surface area contributed by atoms with Gasteiger partial charge in [0, 0.05) is 18.3 Å². The third kappa shape index (κ3) is 4.53. The van der Waals surface area contributed by atoms with Gasteiger partial charge in [-0.15, -0.1) is 0 Å². The highest BCUT2D eigenvalue weighted by Gasteiger charge is 2.05. The van der Waals surface area contributed by atoms with E-state index in [2.05, 4.69) is 33.6 Å². The molecule has 128 valence electrons. The predicted molar refractivity (Wildman–Crippen MR) is 99.6 cm³/mol. The van der Waals surface area contributed by atoms with Crippen molar-refractivity contribution in [2.45, 2.75) is 26.8 Å². The van der Waals surface area contributed by atoms with E-state index >= 15 is 0 Å². The van der Waals surface area contributed by atoms with Gasteiger partial charge in [0.25, 0.3) is 0 Å². The van der Waals surface area contributed by atoms with E-state index in [1.165, 1.54) is 17.7 Å². The highest BCUT2D eigenvalue weighted by molar-refractivity contribution is 5.62. The number of anilines is 3. The number of rotatable bonds is 6. The zero-order valence-electron chi connectivity index (χ0n) is 14.4. The van der Waals surface area contributed by atoms with Crippen molar-refractivity contribution in [2.75, 3.05) is 10.6 Å². The Kier molecular flexibility index (Phi) is 5.23. The molecule has 0 radical (unpaired) electrons. The van der Waals surface area contributed by atoms with E-state index < -0.39 is 0 Å². The van der Waals surface area contributed by atoms with Crippen LogP contribution in [0.25, 0.3) is 0 Å². The first-order valence-electron chi connectivity index (χ1n) is 8.33. The van der Waals surface area contributed by atoms with Crippen LogP contribution in [0, 0.1) is 12.7 Å². The van der Waals surface area contributed by atoms with E-state index in [1.807, 2.05) is 31.2 Å². The topological polar surface area (TPSA) is 49.8 Å². The molecule has 3 aromatic rings. The molecule has 0 saturated heterocycles. The van der Waals surface area contributed by atoms with Crippen LogP contribution in [0.1, 0.15) is 23.9 Å². The molecule has 0 atom stereocenters. The average Bonchev–Trinajstić information content (AvgIpc) is 2.61. The number of benzene rings is 2.